The minimum atomic E-state index is -2.05. The van der Waals surface area contributed by atoms with E-state index in [1.807, 2.05) is 60.8 Å². The van der Waals surface area contributed by atoms with Crippen molar-refractivity contribution in [2.24, 2.45) is 5.10 Å². The van der Waals surface area contributed by atoms with Gasteiger partial charge in [0, 0.05) is 33.2 Å². The molecule has 8 rings (SSSR count). The smallest absolute Gasteiger partial charge is 0.514 e. The third-order valence-corrected chi connectivity index (χ3v) is 8.66. The van der Waals surface area contributed by atoms with Crippen molar-refractivity contribution in [3.63, 3.8) is 0 Å². The summed E-state index contributed by atoms with van der Waals surface area (Å²) in [5, 5.41) is 7.82. The van der Waals surface area contributed by atoms with Gasteiger partial charge in [-0.15, -0.1) is 42.6 Å². The number of hydrazone groups is 1. The van der Waals surface area contributed by atoms with Gasteiger partial charge in [-0.3, -0.25) is 4.98 Å². The van der Waals surface area contributed by atoms with E-state index in [0.717, 1.165) is 27.7 Å². The topological polar surface area (TPSA) is 49.8 Å². The van der Waals surface area contributed by atoms with Gasteiger partial charge in [-0.1, -0.05) is 81.6 Å². The molecule has 3 heterocycles. The number of rotatable bonds is 7. The first-order valence-corrected chi connectivity index (χ1v) is 16.6. The number of nitrogens with zero attached hydrogens (tertiary/aromatic N) is 5. The zero-order valence-electron chi connectivity index (χ0n) is 31.5. The maximum Gasteiger partial charge on any atom is 3.00 e. The Bertz CT molecular complexity index is 2300. The van der Waals surface area contributed by atoms with E-state index in [9.17, 15) is 0 Å². The number of hydrogen-bond donors (Lipinski definition) is 0. The number of benzene rings is 5. The summed E-state index contributed by atoms with van der Waals surface area (Å²) in [6.07, 6.45) is 5.45. The summed E-state index contributed by atoms with van der Waals surface area (Å²) in [4.78, 5) is 6.21. The van der Waals surface area contributed by atoms with Crippen molar-refractivity contribution in [3.8, 4) is 28.2 Å². The van der Waals surface area contributed by atoms with Crippen molar-refractivity contribution in [3.05, 3.63) is 145 Å². The fourth-order valence-corrected chi connectivity index (χ4v) is 6.22. The van der Waals surface area contributed by atoms with Gasteiger partial charge in [0.15, 0.2) is 0 Å². The molecule has 0 unspecified atom stereocenters. The second kappa shape index (κ2) is 15.3. The van der Waals surface area contributed by atoms with Crippen LogP contribution >= 0.6 is 0 Å². The second-order valence-electron chi connectivity index (χ2n) is 12.6. The number of anilines is 1. The predicted molar refractivity (Wildman–Crippen MR) is 202 cm³/mol. The van der Waals surface area contributed by atoms with E-state index >= 15 is 0 Å². The van der Waals surface area contributed by atoms with Gasteiger partial charge in [0.25, 0.3) is 0 Å². The second-order valence-corrected chi connectivity index (χ2v) is 12.6. The number of para-hydroxylation sites is 1. The number of hydrogen-bond acceptors (Lipinski definition) is 5. The summed E-state index contributed by atoms with van der Waals surface area (Å²) in [5.74, 6) is 1.71. The molecule has 0 atom stereocenters. The number of fused-ring (bicyclic) bond motifs is 3. The molecule has 2 aromatic heterocycles. The van der Waals surface area contributed by atoms with Crippen LogP contribution in [0.15, 0.2) is 125 Å². The molecule has 0 spiro atoms. The molecule has 0 fully saturated rings. The Morgan fingerprint density at radius 2 is 1.56 bits per heavy atom. The largest absolute Gasteiger partial charge is 3.00 e. The first kappa shape index (κ1) is 31.0. The van der Waals surface area contributed by atoms with Gasteiger partial charge in [-0.2, -0.15) is 23.3 Å². The van der Waals surface area contributed by atoms with Crippen LogP contribution in [-0.4, -0.2) is 27.3 Å². The molecule has 0 saturated heterocycles. The molecule has 0 saturated carbocycles. The summed E-state index contributed by atoms with van der Waals surface area (Å²) in [6.45, 7) is 8.55. The Morgan fingerprint density at radius 3 is 2.28 bits per heavy atom. The molecule has 1 aliphatic heterocycles. The van der Waals surface area contributed by atoms with Crippen LogP contribution in [0.3, 0.4) is 0 Å². The van der Waals surface area contributed by atoms with E-state index in [2.05, 4.69) is 109 Å². The molecule has 6 nitrogen and oxygen atoms in total. The van der Waals surface area contributed by atoms with Crippen LogP contribution in [0.25, 0.3) is 50.1 Å². The standard InChI is InChI=1S/C27H27N2.C16H13N3O.Ir/c1-19(2)24-17-23(21-11-7-5-8-12-21)18-25(20(3)4)26(24)29-16-15-28-27(29)22-13-9-6-10-14-22;1-2-18-10-17-19(11-18)14-8-5-7-13-12-6-3-4-9-15(12)20-16(13)14;/h5-13,15-20H,1-4H3;3-7,9-11H,2H2,1H3;/q-1;-2;+3/i;1D3;. The van der Waals surface area contributed by atoms with E-state index in [0.29, 0.717) is 23.1 Å². The van der Waals surface area contributed by atoms with Crippen LogP contribution in [0.4, 0.5) is 5.69 Å². The molecule has 0 bridgehead atoms. The third kappa shape index (κ3) is 6.89. The minimum absolute atomic E-state index is 0. The fourth-order valence-electron chi connectivity index (χ4n) is 6.22. The molecular formula is C43H40IrN5O. The summed E-state index contributed by atoms with van der Waals surface area (Å²) in [7, 11) is 0. The number of imidazole rings is 1. The van der Waals surface area contributed by atoms with E-state index in [4.69, 9.17) is 8.53 Å². The fraction of sp³-hybridized carbons (Fsp3) is 0.186. The first-order chi connectivity index (χ1) is 25.1. The van der Waals surface area contributed by atoms with E-state index < -0.39 is 6.85 Å². The van der Waals surface area contributed by atoms with Gasteiger partial charge < -0.3 is 18.9 Å². The van der Waals surface area contributed by atoms with Crippen LogP contribution in [0.2, 0.25) is 0 Å². The van der Waals surface area contributed by atoms with Crippen molar-refractivity contribution < 1.29 is 28.6 Å². The average Bonchev–Trinajstić information content (AvgIpc) is 3.90. The van der Waals surface area contributed by atoms with Gasteiger partial charge >= 0.3 is 20.1 Å². The predicted octanol–water partition coefficient (Wildman–Crippen LogP) is 10.8. The summed E-state index contributed by atoms with van der Waals surface area (Å²) in [6, 6.07) is 41.4. The maximum atomic E-state index is 7.34. The quantitative estimate of drug-likeness (QED) is 0.150. The maximum absolute atomic E-state index is 7.34. The molecule has 0 radical (unpaired) electrons. The van der Waals surface area contributed by atoms with Gasteiger partial charge in [0.1, 0.15) is 5.58 Å². The van der Waals surface area contributed by atoms with Gasteiger partial charge in [-0.05, 0) is 71.4 Å². The molecule has 7 aromatic rings. The van der Waals surface area contributed by atoms with Crippen molar-refractivity contribution in [2.45, 2.75) is 46.4 Å². The van der Waals surface area contributed by atoms with Crippen molar-refractivity contribution in [1.29, 1.82) is 0 Å². The van der Waals surface area contributed by atoms with E-state index in [-0.39, 0.29) is 26.7 Å². The van der Waals surface area contributed by atoms with Gasteiger partial charge in [0.2, 0.25) is 0 Å². The van der Waals surface area contributed by atoms with Crippen LogP contribution in [-0.2, 0) is 20.1 Å². The van der Waals surface area contributed by atoms with E-state index in [1.54, 1.807) is 11.7 Å². The van der Waals surface area contributed by atoms with Crippen molar-refractivity contribution in [1.82, 2.24) is 14.5 Å². The Kier molecular flexibility index (Phi) is 9.49. The molecule has 1 aliphatic rings. The average molecular weight is 838 g/mol. The van der Waals surface area contributed by atoms with Crippen LogP contribution in [0, 0.1) is 18.8 Å². The molecule has 0 N–H and O–H groups in total. The van der Waals surface area contributed by atoms with Gasteiger partial charge in [-0.25, -0.2) is 0 Å². The van der Waals surface area contributed by atoms with Crippen molar-refractivity contribution >= 4 is 34.0 Å². The SMILES string of the molecule is CC(C)c1cc(-c2ccccc2)cc(C(C)C)c1-n1ccnc1-c1[c-]cccc1.[2H]C([2H])([2H])CN1C=NN(c2[c-]ccc3c2oc2ccccc23)[CH-]1.[Ir+3]. The Morgan fingerprint density at radius 1 is 0.820 bits per heavy atom. The zero-order chi connectivity index (χ0) is 36.4. The summed E-state index contributed by atoms with van der Waals surface area (Å²) in [5.41, 5.74) is 9.59. The minimum Gasteiger partial charge on any atom is -0.514 e. The van der Waals surface area contributed by atoms with Crippen LogP contribution < -0.4 is 5.01 Å². The molecule has 0 amide bonds. The molecule has 7 heteroatoms. The normalized spacial score (nSPS) is 13.7. The Hall–Kier alpha value is -4.97. The number of aromatic nitrogens is 2. The van der Waals surface area contributed by atoms with Crippen LogP contribution in [0.5, 0.6) is 0 Å². The van der Waals surface area contributed by atoms with Gasteiger partial charge in [0.05, 0.1) is 12.2 Å². The Balaban J connectivity index is 0.000000182. The zero-order valence-corrected chi connectivity index (χ0v) is 30.9. The summed E-state index contributed by atoms with van der Waals surface area (Å²) < 4.78 is 30.2. The molecule has 0 aliphatic carbocycles. The van der Waals surface area contributed by atoms with Crippen molar-refractivity contribution in [2.75, 3.05) is 11.6 Å². The number of furan rings is 1. The molecule has 252 valence electrons. The summed E-state index contributed by atoms with van der Waals surface area (Å²) >= 11 is 0. The van der Waals surface area contributed by atoms with E-state index in [1.165, 1.54) is 39.2 Å². The molecule has 5 aromatic carbocycles. The molecule has 50 heavy (non-hydrogen) atoms. The monoisotopic (exact) mass is 838 g/mol. The third-order valence-electron chi connectivity index (χ3n) is 8.66. The molecular weight excluding hydrogens is 795 g/mol. The van der Waals surface area contributed by atoms with Crippen LogP contribution in [0.1, 0.15) is 61.6 Å². The Labute approximate surface area is 312 Å². The first-order valence-electron chi connectivity index (χ1n) is 18.1.